The van der Waals surface area contributed by atoms with Crippen LogP contribution in [0.2, 0.25) is 0 Å². The number of hydrogen-bond donors (Lipinski definition) is 1. The maximum atomic E-state index is 5.51. The Morgan fingerprint density at radius 1 is 1.30 bits per heavy atom. The number of aromatic amines is 1. The van der Waals surface area contributed by atoms with Gasteiger partial charge in [-0.05, 0) is 50.9 Å². The summed E-state index contributed by atoms with van der Waals surface area (Å²) in [6.45, 7) is 6.42. The summed E-state index contributed by atoms with van der Waals surface area (Å²) in [5.74, 6) is 0. The van der Waals surface area contributed by atoms with E-state index in [0.717, 1.165) is 36.5 Å². The van der Waals surface area contributed by atoms with Crippen LogP contribution in [0.1, 0.15) is 5.56 Å². The van der Waals surface area contributed by atoms with Gasteiger partial charge in [-0.2, -0.15) is 0 Å². The van der Waals surface area contributed by atoms with Crippen molar-refractivity contribution in [1.82, 2.24) is 19.4 Å². The van der Waals surface area contributed by atoms with Crippen molar-refractivity contribution >= 4 is 23.3 Å². The molecule has 0 spiro atoms. The summed E-state index contributed by atoms with van der Waals surface area (Å²) in [4.78, 5) is 8.16. The van der Waals surface area contributed by atoms with Crippen LogP contribution in [0.5, 0.6) is 0 Å². The Bertz CT molecular complexity index is 672. The summed E-state index contributed by atoms with van der Waals surface area (Å²) >= 11 is 5.51. The highest BCUT2D eigenvalue weighted by atomic mass is 32.1. The van der Waals surface area contributed by atoms with E-state index in [1.165, 1.54) is 11.1 Å². The third-order valence-electron chi connectivity index (χ3n) is 4.30. The molecule has 20 heavy (non-hydrogen) atoms. The molecule has 0 radical (unpaired) electrons. The summed E-state index contributed by atoms with van der Waals surface area (Å²) < 4.78 is 3.07. The van der Waals surface area contributed by atoms with E-state index in [9.17, 15) is 0 Å². The smallest absolute Gasteiger partial charge is 0.178 e. The second-order valence-electron chi connectivity index (χ2n) is 5.96. The number of aryl methyl sites for hydroxylation is 1. The van der Waals surface area contributed by atoms with Crippen LogP contribution < -0.4 is 0 Å². The standard InChI is InChI=1S/C15H22N4S/c1-11-4-5-14-13(8-11)16-15(20)19(14)10-12-9-17(2)6-7-18(12)3/h4-5,8,12H,6-7,9-10H2,1-3H3,(H,16,20). The molecular weight excluding hydrogens is 268 g/mol. The Morgan fingerprint density at radius 2 is 2.10 bits per heavy atom. The van der Waals surface area contributed by atoms with Crippen LogP contribution in [0.4, 0.5) is 0 Å². The molecule has 1 saturated heterocycles. The summed E-state index contributed by atoms with van der Waals surface area (Å²) in [7, 11) is 4.40. The molecule has 1 fully saturated rings. The first-order valence-electron chi connectivity index (χ1n) is 7.12. The van der Waals surface area contributed by atoms with Crippen molar-refractivity contribution in [3.05, 3.63) is 28.5 Å². The van der Waals surface area contributed by atoms with Crippen LogP contribution in [-0.2, 0) is 6.54 Å². The zero-order valence-electron chi connectivity index (χ0n) is 12.4. The minimum Gasteiger partial charge on any atom is -0.331 e. The number of likely N-dealkylation sites (N-methyl/N-ethyl adjacent to an activating group) is 2. The predicted molar refractivity (Wildman–Crippen MR) is 85.8 cm³/mol. The van der Waals surface area contributed by atoms with Gasteiger partial charge >= 0.3 is 0 Å². The van der Waals surface area contributed by atoms with Gasteiger partial charge in [-0.3, -0.25) is 4.90 Å². The number of imidazole rings is 1. The molecule has 1 N–H and O–H groups in total. The SMILES string of the molecule is Cc1ccc2c(c1)[nH]c(=S)n2CC1CN(C)CCN1C. The largest absolute Gasteiger partial charge is 0.331 e. The summed E-state index contributed by atoms with van der Waals surface area (Å²) in [6.07, 6.45) is 0. The number of nitrogens with zero attached hydrogens (tertiary/aromatic N) is 3. The number of hydrogen-bond acceptors (Lipinski definition) is 3. The van der Waals surface area contributed by atoms with Gasteiger partial charge in [0.05, 0.1) is 11.0 Å². The van der Waals surface area contributed by atoms with Crippen molar-refractivity contribution < 1.29 is 0 Å². The van der Waals surface area contributed by atoms with Gasteiger partial charge in [-0.25, -0.2) is 0 Å². The minimum atomic E-state index is 0.515. The van der Waals surface area contributed by atoms with E-state index < -0.39 is 0 Å². The molecule has 0 saturated carbocycles. The number of aromatic nitrogens is 2. The van der Waals surface area contributed by atoms with Gasteiger partial charge in [0.1, 0.15) is 0 Å². The van der Waals surface area contributed by atoms with Crippen molar-refractivity contribution in [2.75, 3.05) is 33.7 Å². The summed E-state index contributed by atoms with van der Waals surface area (Å²) in [6, 6.07) is 7.00. The number of benzene rings is 1. The van der Waals surface area contributed by atoms with Gasteiger partial charge in [-0.1, -0.05) is 6.07 Å². The third kappa shape index (κ3) is 2.53. The number of rotatable bonds is 2. The monoisotopic (exact) mass is 290 g/mol. The van der Waals surface area contributed by atoms with Crippen LogP contribution in [0.3, 0.4) is 0 Å². The second kappa shape index (κ2) is 5.31. The van der Waals surface area contributed by atoms with Crippen molar-refractivity contribution in [2.24, 2.45) is 0 Å². The van der Waals surface area contributed by atoms with Crippen molar-refractivity contribution in [3.8, 4) is 0 Å². The van der Waals surface area contributed by atoms with E-state index in [4.69, 9.17) is 12.2 Å². The Morgan fingerprint density at radius 3 is 2.90 bits per heavy atom. The van der Waals surface area contributed by atoms with Gasteiger partial charge < -0.3 is 14.5 Å². The van der Waals surface area contributed by atoms with E-state index in [2.05, 4.69) is 58.6 Å². The van der Waals surface area contributed by atoms with E-state index in [-0.39, 0.29) is 0 Å². The molecule has 5 heteroatoms. The molecule has 2 aromatic rings. The van der Waals surface area contributed by atoms with E-state index >= 15 is 0 Å². The molecule has 0 aliphatic carbocycles. The summed E-state index contributed by atoms with van der Waals surface area (Å²) in [5.41, 5.74) is 3.61. The Balaban J connectivity index is 1.94. The molecule has 1 aromatic heterocycles. The van der Waals surface area contributed by atoms with E-state index in [0.29, 0.717) is 6.04 Å². The lowest BCUT2D eigenvalue weighted by Crippen LogP contribution is -2.51. The molecular formula is C15H22N4S. The molecule has 0 amide bonds. The minimum absolute atomic E-state index is 0.515. The van der Waals surface area contributed by atoms with Crippen molar-refractivity contribution in [3.63, 3.8) is 0 Å². The maximum absolute atomic E-state index is 5.51. The molecule has 1 unspecified atom stereocenters. The van der Waals surface area contributed by atoms with Crippen molar-refractivity contribution in [1.29, 1.82) is 0 Å². The van der Waals surface area contributed by atoms with E-state index in [1.807, 2.05) is 0 Å². The second-order valence-corrected chi connectivity index (χ2v) is 6.34. The summed E-state index contributed by atoms with van der Waals surface area (Å²) in [5, 5.41) is 0. The normalized spacial score (nSPS) is 21.6. The molecule has 1 atom stereocenters. The Labute approximate surface area is 125 Å². The van der Waals surface area contributed by atoms with Crippen LogP contribution >= 0.6 is 12.2 Å². The van der Waals surface area contributed by atoms with Crippen molar-refractivity contribution in [2.45, 2.75) is 19.5 Å². The first-order chi connectivity index (χ1) is 9.54. The average molecular weight is 290 g/mol. The highest BCUT2D eigenvalue weighted by Gasteiger charge is 2.23. The maximum Gasteiger partial charge on any atom is 0.178 e. The lowest BCUT2D eigenvalue weighted by Gasteiger charge is -2.37. The fourth-order valence-electron chi connectivity index (χ4n) is 2.97. The first-order valence-corrected chi connectivity index (χ1v) is 7.53. The van der Waals surface area contributed by atoms with Crippen LogP contribution in [-0.4, -0.2) is 59.1 Å². The van der Waals surface area contributed by atoms with Gasteiger partial charge in [-0.15, -0.1) is 0 Å². The first kappa shape index (κ1) is 13.8. The van der Waals surface area contributed by atoms with Gasteiger partial charge in [0.25, 0.3) is 0 Å². The lowest BCUT2D eigenvalue weighted by molar-refractivity contribution is 0.103. The van der Waals surface area contributed by atoms with Crippen LogP contribution in [0, 0.1) is 11.7 Å². The average Bonchev–Trinajstić information content (AvgIpc) is 2.69. The zero-order valence-corrected chi connectivity index (χ0v) is 13.2. The quantitative estimate of drug-likeness (QED) is 0.860. The fourth-order valence-corrected chi connectivity index (χ4v) is 3.25. The zero-order chi connectivity index (χ0) is 14.3. The van der Waals surface area contributed by atoms with Crippen LogP contribution in [0.15, 0.2) is 18.2 Å². The highest BCUT2D eigenvalue weighted by molar-refractivity contribution is 7.71. The molecule has 2 heterocycles. The molecule has 3 rings (SSSR count). The fraction of sp³-hybridized carbons (Fsp3) is 0.533. The molecule has 0 bridgehead atoms. The van der Waals surface area contributed by atoms with Gasteiger partial charge in [0.2, 0.25) is 0 Å². The predicted octanol–water partition coefficient (Wildman–Crippen LogP) is 2.25. The third-order valence-corrected chi connectivity index (χ3v) is 4.63. The molecule has 1 aliphatic rings. The Hall–Kier alpha value is -1.17. The Kier molecular flexibility index (Phi) is 3.67. The van der Waals surface area contributed by atoms with Gasteiger partial charge in [0.15, 0.2) is 4.77 Å². The highest BCUT2D eigenvalue weighted by Crippen LogP contribution is 2.18. The number of nitrogens with one attached hydrogen (secondary N) is 1. The molecule has 4 nitrogen and oxygen atoms in total. The number of piperazine rings is 1. The number of fused-ring (bicyclic) bond motifs is 1. The topological polar surface area (TPSA) is 27.2 Å². The number of H-pyrrole nitrogens is 1. The molecule has 108 valence electrons. The molecule has 1 aromatic carbocycles. The van der Waals surface area contributed by atoms with E-state index in [1.54, 1.807) is 0 Å². The lowest BCUT2D eigenvalue weighted by atomic mass is 10.1. The molecule has 1 aliphatic heterocycles. The van der Waals surface area contributed by atoms with Gasteiger partial charge in [0, 0.05) is 32.2 Å². The van der Waals surface area contributed by atoms with Crippen LogP contribution in [0.25, 0.3) is 11.0 Å².